The Morgan fingerprint density at radius 3 is 2.19 bits per heavy atom. The molecule has 0 aliphatic carbocycles. The first kappa shape index (κ1) is 40.3. The van der Waals surface area contributed by atoms with Crippen LogP contribution in [0.1, 0.15) is 56.5 Å². The van der Waals surface area contributed by atoms with Gasteiger partial charge in [-0.3, -0.25) is 4.79 Å². The van der Waals surface area contributed by atoms with E-state index >= 15 is 0 Å². The van der Waals surface area contributed by atoms with Crippen molar-refractivity contribution in [2.45, 2.75) is 57.8 Å². The monoisotopic (exact) mass is 790 g/mol. The van der Waals surface area contributed by atoms with Crippen molar-refractivity contribution < 1.29 is 18.3 Å². The number of halogens is 1. The van der Waals surface area contributed by atoms with Crippen molar-refractivity contribution in [3.05, 3.63) is 187 Å². The number of carbonyl (C=O) groups excluding carboxylic acids is 1. The van der Waals surface area contributed by atoms with E-state index in [9.17, 15) is 9.18 Å². The molecule has 0 aliphatic heterocycles. The van der Waals surface area contributed by atoms with E-state index in [-0.39, 0.29) is 29.3 Å². The Morgan fingerprint density at radius 2 is 1.50 bits per heavy atom. The van der Waals surface area contributed by atoms with Crippen LogP contribution in [0.2, 0.25) is 5.04 Å². The van der Waals surface area contributed by atoms with Crippen LogP contribution in [0.3, 0.4) is 0 Å². The van der Waals surface area contributed by atoms with Crippen LogP contribution in [0.25, 0.3) is 10.8 Å². The molecule has 0 saturated carbocycles. The lowest BCUT2D eigenvalue weighted by Crippen LogP contribution is -2.66. The summed E-state index contributed by atoms with van der Waals surface area (Å²) in [6, 6.07) is 49.6. The third-order valence-electron chi connectivity index (χ3n) is 10.6. The van der Waals surface area contributed by atoms with E-state index in [1.807, 2.05) is 84.9 Å². The molecule has 0 fully saturated rings. The Kier molecular flexibility index (Phi) is 12.9. The number of benzene rings is 6. The first-order valence-corrected chi connectivity index (χ1v) is 21.8. The number of imidazole rings is 1. The van der Waals surface area contributed by atoms with E-state index in [4.69, 9.17) is 9.16 Å². The summed E-state index contributed by atoms with van der Waals surface area (Å²) < 4.78 is 30.1. The van der Waals surface area contributed by atoms with E-state index in [1.165, 1.54) is 16.4 Å². The third-order valence-corrected chi connectivity index (χ3v) is 15.7. The van der Waals surface area contributed by atoms with Crippen LogP contribution in [0.4, 0.5) is 10.1 Å². The molecule has 9 heteroatoms. The minimum absolute atomic E-state index is 0.0860. The molecule has 0 bridgehead atoms. The Bertz CT molecular complexity index is 2360. The number of hydrogen-bond donors (Lipinski definition) is 2. The first-order valence-electron chi connectivity index (χ1n) is 19.9. The number of ether oxygens (including phenoxy) is 1. The molecule has 0 aliphatic rings. The lowest BCUT2D eigenvalue weighted by atomic mass is 10.0. The second-order valence-electron chi connectivity index (χ2n) is 15.6. The quantitative estimate of drug-likeness (QED) is 0.0711. The Balaban J connectivity index is 1.02. The Morgan fingerprint density at radius 1 is 0.810 bits per heavy atom. The summed E-state index contributed by atoms with van der Waals surface area (Å²) in [5, 5.41) is 10.6. The molecule has 0 radical (unpaired) electrons. The fourth-order valence-corrected chi connectivity index (χ4v) is 12.5. The second-order valence-corrected chi connectivity index (χ2v) is 19.9. The molecule has 7 nitrogen and oxygen atoms in total. The zero-order valence-corrected chi connectivity index (χ0v) is 34.4. The highest BCUT2D eigenvalue weighted by Crippen LogP contribution is 2.37. The van der Waals surface area contributed by atoms with Crippen LogP contribution in [0.15, 0.2) is 164 Å². The molecule has 0 saturated heterocycles. The van der Waals surface area contributed by atoms with Gasteiger partial charge in [-0.1, -0.05) is 142 Å². The van der Waals surface area contributed by atoms with Gasteiger partial charge in [-0.25, -0.2) is 9.37 Å². The van der Waals surface area contributed by atoms with Gasteiger partial charge < -0.3 is 24.4 Å². The standard InChI is InChI=1S/C49H51FN4O3Si/c1-49(2,3)58(43-21-9-5-10-22-43,44-23-11-6-12-24-44)57-29-15-26-47(39-19-13-20-40(50)30-39)54-36-52-33-41(54)32-51-34-48(55)53-46-25-14-18-38-27-28-42(31-45(38)46)56-35-37-16-7-4-8-17-37/h4-14,16-25,27-28,30-31,33,36,47,51H,15,26,29,32,34-35H2,1-3H3,(H,53,55). The van der Waals surface area contributed by atoms with Crippen molar-refractivity contribution in [2.24, 2.45) is 0 Å². The molecule has 1 atom stereocenters. The van der Waals surface area contributed by atoms with Crippen molar-refractivity contribution in [3.8, 4) is 5.75 Å². The summed E-state index contributed by atoms with van der Waals surface area (Å²) in [6.07, 6.45) is 5.04. The summed E-state index contributed by atoms with van der Waals surface area (Å²) in [7, 11) is -2.71. The maximum absolute atomic E-state index is 14.7. The molecule has 2 N–H and O–H groups in total. The first-order chi connectivity index (χ1) is 28.2. The number of nitrogens with one attached hydrogen (secondary N) is 2. The highest BCUT2D eigenvalue weighted by molar-refractivity contribution is 6.99. The molecular formula is C49H51FN4O3Si. The summed E-state index contributed by atoms with van der Waals surface area (Å²) in [5.41, 5.74) is 3.54. The van der Waals surface area contributed by atoms with Crippen LogP contribution >= 0.6 is 0 Å². The van der Waals surface area contributed by atoms with E-state index in [0.717, 1.165) is 39.8 Å². The van der Waals surface area contributed by atoms with Gasteiger partial charge in [0.05, 0.1) is 24.6 Å². The molecule has 0 spiro atoms. The van der Waals surface area contributed by atoms with E-state index < -0.39 is 8.32 Å². The van der Waals surface area contributed by atoms with E-state index in [2.05, 4.69) is 89.5 Å². The molecule has 7 aromatic rings. The minimum atomic E-state index is -2.71. The second kappa shape index (κ2) is 18.6. The topological polar surface area (TPSA) is 77.4 Å². The zero-order valence-electron chi connectivity index (χ0n) is 33.4. The zero-order chi connectivity index (χ0) is 40.4. The van der Waals surface area contributed by atoms with Crippen molar-refractivity contribution in [3.63, 3.8) is 0 Å². The Hall–Kier alpha value is -5.87. The normalized spacial score (nSPS) is 12.3. The van der Waals surface area contributed by atoms with Gasteiger partial charge in [0.2, 0.25) is 5.91 Å². The number of amides is 1. The molecule has 7 rings (SSSR count). The number of carbonyl (C=O) groups is 1. The molecule has 1 heterocycles. The smallest absolute Gasteiger partial charge is 0.261 e. The van der Waals surface area contributed by atoms with Crippen LogP contribution in [0, 0.1) is 5.82 Å². The van der Waals surface area contributed by atoms with Crippen molar-refractivity contribution in [1.82, 2.24) is 14.9 Å². The number of hydrogen-bond acceptors (Lipinski definition) is 5. The van der Waals surface area contributed by atoms with Gasteiger partial charge in [-0.05, 0) is 75.1 Å². The van der Waals surface area contributed by atoms with E-state index in [0.29, 0.717) is 31.9 Å². The molecule has 1 unspecified atom stereocenters. The van der Waals surface area contributed by atoms with Crippen molar-refractivity contribution in [1.29, 1.82) is 0 Å². The number of aromatic nitrogens is 2. The SMILES string of the molecule is CC(C)(C)[Si](OCCCC(c1cccc(F)c1)n1cncc1CNCC(=O)Nc1cccc2ccc(OCc3ccccc3)cc12)(c1ccccc1)c1ccccc1. The minimum Gasteiger partial charge on any atom is -0.489 e. The van der Waals surface area contributed by atoms with Gasteiger partial charge in [0.1, 0.15) is 18.2 Å². The van der Waals surface area contributed by atoms with Gasteiger partial charge >= 0.3 is 0 Å². The van der Waals surface area contributed by atoms with Crippen LogP contribution in [0.5, 0.6) is 5.75 Å². The number of nitrogens with zero attached hydrogens (tertiary/aromatic N) is 2. The fraction of sp³-hybridized carbons (Fsp3) is 0.224. The maximum atomic E-state index is 14.7. The fourth-order valence-electron chi connectivity index (χ4n) is 7.88. The molecule has 1 aromatic heterocycles. The largest absolute Gasteiger partial charge is 0.489 e. The summed E-state index contributed by atoms with van der Waals surface area (Å²) in [6.45, 7) is 8.31. The molecule has 1 amide bonds. The number of anilines is 1. The van der Waals surface area contributed by atoms with Gasteiger partial charge in [-0.15, -0.1) is 0 Å². The molecule has 6 aromatic carbocycles. The average molecular weight is 791 g/mol. The van der Waals surface area contributed by atoms with Gasteiger partial charge in [-0.2, -0.15) is 0 Å². The van der Waals surface area contributed by atoms with Crippen molar-refractivity contribution in [2.75, 3.05) is 18.5 Å². The molecule has 296 valence electrons. The lowest BCUT2D eigenvalue weighted by molar-refractivity contribution is -0.115. The number of rotatable bonds is 17. The predicted molar refractivity (Wildman–Crippen MR) is 235 cm³/mol. The average Bonchev–Trinajstić information content (AvgIpc) is 3.70. The van der Waals surface area contributed by atoms with Gasteiger partial charge in [0.15, 0.2) is 0 Å². The van der Waals surface area contributed by atoms with Crippen LogP contribution in [-0.2, 0) is 22.4 Å². The molecular weight excluding hydrogens is 740 g/mol. The highest BCUT2D eigenvalue weighted by atomic mass is 28.4. The summed E-state index contributed by atoms with van der Waals surface area (Å²) in [5.74, 6) is 0.272. The van der Waals surface area contributed by atoms with Crippen molar-refractivity contribution >= 4 is 41.1 Å². The number of fused-ring (bicyclic) bond motifs is 1. The third kappa shape index (κ3) is 9.45. The summed E-state index contributed by atoms with van der Waals surface area (Å²) in [4.78, 5) is 17.8. The predicted octanol–water partition coefficient (Wildman–Crippen LogP) is 9.43. The van der Waals surface area contributed by atoms with Gasteiger partial charge in [0, 0.05) is 30.4 Å². The van der Waals surface area contributed by atoms with E-state index in [1.54, 1.807) is 24.7 Å². The lowest BCUT2D eigenvalue weighted by Gasteiger charge is -2.43. The maximum Gasteiger partial charge on any atom is 0.261 e. The van der Waals surface area contributed by atoms with Gasteiger partial charge in [0.25, 0.3) is 8.32 Å². The highest BCUT2D eigenvalue weighted by Gasteiger charge is 2.50. The molecule has 58 heavy (non-hydrogen) atoms. The van der Waals surface area contributed by atoms with Crippen LogP contribution < -0.4 is 25.7 Å². The Labute approximate surface area is 342 Å². The van der Waals surface area contributed by atoms with Crippen LogP contribution in [-0.4, -0.2) is 36.9 Å². The summed E-state index contributed by atoms with van der Waals surface area (Å²) >= 11 is 0.